The van der Waals surface area contributed by atoms with Crippen molar-refractivity contribution in [3.05, 3.63) is 51.2 Å². The first kappa shape index (κ1) is 31.6. The summed E-state index contributed by atoms with van der Waals surface area (Å²) in [6.45, 7) is -0.832. The van der Waals surface area contributed by atoms with E-state index in [-0.39, 0.29) is 28.9 Å². The summed E-state index contributed by atoms with van der Waals surface area (Å²) >= 11 is 6.62. The topological polar surface area (TPSA) is 158 Å². The molecule has 0 aliphatic rings. The molecular formula is C19H30Br2N4O4. The van der Waals surface area contributed by atoms with E-state index in [1.807, 2.05) is 30.3 Å². The Bertz CT molecular complexity index is 852. The van der Waals surface area contributed by atoms with E-state index < -0.39 is 12.6 Å². The van der Waals surface area contributed by atoms with Gasteiger partial charge in [-0.1, -0.05) is 34.4 Å². The monoisotopic (exact) mass is 536 g/mol. The van der Waals surface area contributed by atoms with Gasteiger partial charge in [-0.3, -0.25) is 0 Å². The number of carbonyl (C=O) groups is 1. The molecule has 0 radical (unpaired) electrons. The van der Waals surface area contributed by atoms with Crippen molar-refractivity contribution in [1.82, 2.24) is 9.97 Å². The third-order valence-electron chi connectivity index (χ3n) is 2.88. The molecule has 0 aliphatic carbocycles. The molecule has 1 aromatic heterocycles. The SMILES string of the molecule is C.C.C.Nc1cccc(Br)c1N.O=C(O)CO.OCc1nc2c(Br)cccc2[nH]1. The summed E-state index contributed by atoms with van der Waals surface area (Å²) in [7, 11) is 0. The number of rotatable bonds is 2. The zero-order valence-electron chi connectivity index (χ0n) is 13.5. The van der Waals surface area contributed by atoms with Crippen LogP contribution in [0.15, 0.2) is 45.3 Å². The van der Waals surface area contributed by atoms with E-state index in [9.17, 15) is 0 Å². The summed E-state index contributed by atoms with van der Waals surface area (Å²) in [6, 6.07) is 11.2. The Hall–Kier alpha value is -2.14. The molecule has 0 unspecified atom stereocenters. The number of aromatic nitrogens is 2. The fourth-order valence-corrected chi connectivity index (χ4v) is 2.51. The van der Waals surface area contributed by atoms with Gasteiger partial charge in [0.2, 0.25) is 0 Å². The maximum Gasteiger partial charge on any atom is 0.329 e. The second-order valence-electron chi connectivity index (χ2n) is 4.77. The first-order valence-electron chi connectivity index (χ1n) is 7.16. The minimum absolute atomic E-state index is 0. The second kappa shape index (κ2) is 15.7. The van der Waals surface area contributed by atoms with Gasteiger partial charge in [0.15, 0.2) is 0 Å². The van der Waals surface area contributed by atoms with Crippen molar-refractivity contribution >= 4 is 60.2 Å². The number of anilines is 2. The molecule has 3 aromatic rings. The standard InChI is InChI=1S/C8H7BrN2O.C6H7BrN2.C2H4O3.3CH4/c9-5-2-1-3-6-8(5)11-7(4-12)10-6;7-4-2-1-3-5(8)6(4)9;3-1-2(4)5;;;/h1-3,12H,4H2,(H,10,11);1-3H,8-9H2;3H,1H2,(H,4,5);3*1H4. The van der Waals surface area contributed by atoms with Crippen LogP contribution in [0.1, 0.15) is 28.1 Å². The molecule has 0 saturated carbocycles. The van der Waals surface area contributed by atoms with E-state index in [2.05, 4.69) is 41.8 Å². The number of aromatic amines is 1. The fourth-order valence-electron chi connectivity index (χ4n) is 1.68. The van der Waals surface area contributed by atoms with Crippen LogP contribution in [0.5, 0.6) is 0 Å². The molecule has 8 N–H and O–H groups in total. The van der Waals surface area contributed by atoms with E-state index in [1.165, 1.54) is 0 Å². The highest BCUT2D eigenvalue weighted by Gasteiger charge is 2.03. The Labute approximate surface area is 188 Å². The van der Waals surface area contributed by atoms with Crippen LogP contribution in [0.4, 0.5) is 11.4 Å². The lowest BCUT2D eigenvalue weighted by Gasteiger charge is -1.99. The third-order valence-corrected chi connectivity index (χ3v) is 4.22. The van der Waals surface area contributed by atoms with Crippen LogP contribution < -0.4 is 11.5 Å². The Kier molecular flexibility index (Phi) is 17.1. The van der Waals surface area contributed by atoms with Crippen LogP contribution in [-0.4, -0.2) is 37.9 Å². The summed E-state index contributed by atoms with van der Waals surface area (Å²) < 4.78 is 1.79. The van der Waals surface area contributed by atoms with Gasteiger partial charge in [-0.25, -0.2) is 9.78 Å². The Morgan fingerprint density at radius 2 is 1.52 bits per heavy atom. The lowest BCUT2D eigenvalue weighted by Crippen LogP contribution is -1.98. The van der Waals surface area contributed by atoms with Gasteiger partial charge in [-0.2, -0.15) is 0 Å². The first-order valence-corrected chi connectivity index (χ1v) is 8.74. The van der Waals surface area contributed by atoms with Crippen molar-refractivity contribution in [2.45, 2.75) is 28.9 Å². The molecular weight excluding hydrogens is 508 g/mol. The van der Waals surface area contributed by atoms with Crippen LogP contribution in [0.2, 0.25) is 0 Å². The van der Waals surface area contributed by atoms with E-state index in [1.54, 1.807) is 6.07 Å². The zero-order valence-corrected chi connectivity index (χ0v) is 16.7. The molecule has 0 bridgehead atoms. The quantitative estimate of drug-likeness (QED) is 0.264. The summed E-state index contributed by atoms with van der Waals surface area (Å²) in [6.07, 6.45) is 0. The minimum atomic E-state index is -1.19. The van der Waals surface area contributed by atoms with Crippen molar-refractivity contribution in [2.24, 2.45) is 0 Å². The molecule has 2 aromatic carbocycles. The predicted octanol–water partition coefficient (Wildman–Crippen LogP) is 4.40. The number of nitrogens with zero attached hydrogens (tertiary/aromatic N) is 1. The number of hydrogen-bond donors (Lipinski definition) is 6. The highest BCUT2D eigenvalue weighted by Crippen LogP contribution is 2.24. The number of H-pyrrole nitrogens is 1. The molecule has 0 aliphatic heterocycles. The van der Waals surface area contributed by atoms with Crippen molar-refractivity contribution in [1.29, 1.82) is 0 Å². The molecule has 10 heteroatoms. The number of nitrogens with two attached hydrogens (primary N) is 2. The molecule has 0 saturated heterocycles. The average molecular weight is 538 g/mol. The van der Waals surface area contributed by atoms with Gasteiger partial charge in [0.25, 0.3) is 0 Å². The lowest BCUT2D eigenvalue weighted by atomic mass is 10.3. The van der Waals surface area contributed by atoms with Crippen molar-refractivity contribution < 1.29 is 20.1 Å². The summed E-state index contributed by atoms with van der Waals surface area (Å²) in [5, 5.41) is 23.8. The Morgan fingerprint density at radius 3 is 1.93 bits per heavy atom. The number of benzene rings is 2. The van der Waals surface area contributed by atoms with Crippen LogP contribution in [0.25, 0.3) is 11.0 Å². The Morgan fingerprint density at radius 1 is 1.00 bits per heavy atom. The number of nitrogens with one attached hydrogen (secondary N) is 1. The largest absolute Gasteiger partial charge is 0.480 e. The number of imidazole rings is 1. The van der Waals surface area contributed by atoms with Crippen LogP contribution in [0.3, 0.4) is 0 Å². The summed E-state index contributed by atoms with van der Waals surface area (Å²) in [5.74, 6) is -0.595. The van der Waals surface area contributed by atoms with E-state index in [0.29, 0.717) is 17.2 Å². The van der Waals surface area contributed by atoms with Gasteiger partial charge in [0, 0.05) is 8.95 Å². The number of fused-ring (bicyclic) bond motifs is 1. The number of carboxylic acids is 1. The molecule has 0 amide bonds. The number of nitrogen functional groups attached to an aromatic ring is 2. The molecule has 29 heavy (non-hydrogen) atoms. The second-order valence-corrected chi connectivity index (χ2v) is 6.48. The van der Waals surface area contributed by atoms with E-state index in [0.717, 1.165) is 20.0 Å². The smallest absolute Gasteiger partial charge is 0.329 e. The van der Waals surface area contributed by atoms with Crippen LogP contribution >= 0.6 is 31.9 Å². The van der Waals surface area contributed by atoms with Gasteiger partial charge in [0.1, 0.15) is 24.6 Å². The van der Waals surface area contributed by atoms with Crippen molar-refractivity contribution in [3.8, 4) is 0 Å². The first-order chi connectivity index (χ1) is 12.3. The molecule has 0 fully saturated rings. The van der Waals surface area contributed by atoms with Crippen molar-refractivity contribution in [2.75, 3.05) is 18.1 Å². The Balaban J connectivity index is -0.000000359. The molecule has 3 rings (SSSR count). The number of carboxylic acid groups (broad SMARTS) is 1. The lowest BCUT2D eigenvalue weighted by molar-refractivity contribution is -0.140. The third kappa shape index (κ3) is 10.3. The molecule has 0 spiro atoms. The summed E-state index contributed by atoms with van der Waals surface area (Å²) in [4.78, 5) is 16.3. The fraction of sp³-hybridized carbons (Fsp3) is 0.263. The van der Waals surface area contributed by atoms with Gasteiger partial charge in [-0.15, -0.1) is 0 Å². The van der Waals surface area contributed by atoms with Gasteiger partial charge >= 0.3 is 5.97 Å². The predicted molar refractivity (Wildman–Crippen MR) is 128 cm³/mol. The number of aliphatic carboxylic acids is 1. The van der Waals surface area contributed by atoms with Crippen LogP contribution in [0, 0.1) is 0 Å². The highest BCUT2D eigenvalue weighted by atomic mass is 79.9. The molecule has 0 atom stereocenters. The number of aliphatic hydroxyl groups excluding tert-OH is 2. The highest BCUT2D eigenvalue weighted by molar-refractivity contribution is 9.11. The maximum atomic E-state index is 9.12. The molecule has 8 nitrogen and oxygen atoms in total. The van der Waals surface area contributed by atoms with Crippen molar-refractivity contribution in [3.63, 3.8) is 0 Å². The summed E-state index contributed by atoms with van der Waals surface area (Å²) in [5.41, 5.74) is 14.0. The number of hydrogen-bond acceptors (Lipinski definition) is 6. The molecule has 1 heterocycles. The van der Waals surface area contributed by atoms with Crippen LogP contribution in [-0.2, 0) is 11.4 Å². The number of aliphatic hydroxyl groups is 2. The maximum absolute atomic E-state index is 9.12. The zero-order chi connectivity index (χ0) is 19.7. The average Bonchev–Trinajstić information content (AvgIpc) is 3.05. The number of para-hydroxylation sites is 2. The van der Waals surface area contributed by atoms with E-state index in [4.69, 9.17) is 31.6 Å². The normalized spacial score (nSPS) is 8.69. The van der Waals surface area contributed by atoms with E-state index >= 15 is 0 Å². The van der Waals surface area contributed by atoms with Gasteiger partial charge in [-0.05, 0) is 56.1 Å². The van der Waals surface area contributed by atoms with Gasteiger partial charge < -0.3 is 31.8 Å². The van der Waals surface area contributed by atoms with Gasteiger partial charge in [0.05, 0.1) is 16.9 Å². The minimum Gasteiger partial charge on any atom is -0.480 e. The number of halogens is 2. The molecule has 164 valence electrons.